The summed E-state index contributed by atoms with van der Waals surface area (Å²) >= 11 is 1.06. The van der Waals surface area contributed by atoms with Crippen LogP contribution in [0.15, 0.2) is 66.4 Å². The summed E-state index contributed by atoms with van der Waals surface area (Å²) in [6.07, 6.45) is 1.52. The highest BCUT2D eigenvalue weighted by molar-refractivity contribution is 7.22. The van der Waals surface area contributed by atoms with Crippen molar-refractivity contribution < 1.29 is 34.1 Å². The molecule has 11 heteroatoms. The van der Waals surface area contributed by atoms with Crippen molar-refractivity contribution in [3.05, 3.63) is 83.2 Å². The van der Waals surface area contributed by atoms with Gasteiger partial charge in [-0.1, -0.05) is 17.4 Å². The molecular formula is C26H19N3O7S. The third-order valence-corrected chi connectivity index (χ3v) is 6.92. The molecule has 1 saturated heterocycles. The van der Waals surface area contributed by atoms with Crippen LogP contribution in [-0.2, 0) is 9.59 Å². The van der Waals surface area contributed by atoms with Crippen LogP contribution in [0.4, 0.5) is 5.13 Å². The number of aromatic carboxylic acids is 1. The van der Waals surface area contributed by atoms with Crippen LogP contribution < -0.4 is 14.4 Å². The topological polar surface area (TPSA) is 139 Å². The summed E-state index contributed by atoms with van der Waals surface area (Å²) in [5, 5.41) is 20.8. The van der Waals surface area contributed by atoms with Crippen LogP contribution in [0.25, 0.3) is 16.0 Å². The second-order valence-electron chi connectivity index (χ2n) is 7.98. The Labute approximate surface area is 214 Å². The summed E-state index contributed by atoms with van der Waals surface area (Å²) in [6, 6.07) is 13.0. The number of aliphatic hydroxyl groups excluding tert-OH is 1. The number of aliphatic hydroxyl groups is 1. The molecule has 5 rings (SSSR count). The number of hydrogen-bond acceptors (Lipinski definition) is 9. The lowest BCUT2D eigenvalue weighted by atomic mass is 9.98. The maximum atomic E-state index is 13.3. The second-order valence-corrected chi connectivity index (χ2v) is 8.99. The molecule has 1 unspecified atom stereocenters. The number of carboxylic acid groups (broad SMARTS) is 1. The molecule has 1 atom stereocenters. The number of rotatable bonds is 6. The first-order chi connectivity index (χ1) is 17.8. The van der Waals surface area contributed by atoms with E-state index in [4.69, 9.17) is 9.47 Å². The quantitative estimate of drug-likeness (QED) is 0.220. The van der Waals surface area contributed by atoms with Gasteiger partial charge in [0.15, 0.2) is 16.6 Å². The van der Waals surface area contributed by atoms with Crippen LogP contribution in [-0.4, -0.2) is 52.1 Å². The van der Waals surface area contributed by atoms with E-state index in [1.165, 1.54) is 49.6 Å². The third-order valence-electron chi connectivity index (χ3n) is 5.90. The van der Waals surface area contributed by atoms with Crippen molar-refractivity contribution in [1.29, 1.82) is 0 Å². The zero-order chi connectivity index (χ0) is 26.3. The van der Waals surface area contributed by atoms with E-state index in [1.54, 1.807) is 30.3 Å². The number of benzene rings is 2. The summed E-state index contributed by atoms with van der Waals surface area (Å²) in [5.74, 6) is -2.55. The summed E-state index contributed by atoms with van der Waals surface area (Å²) < 4.78 is 11.1. The molecular weight excluding hydrogens is 498 g/mol. The fraction of sp³-hybridized carbons (Fsp3) is 0.115. The van der Waals surface area contributed by atoms with E-state index in [0.29, 0.717) is 27.4 Å². The van der Waals surface area contributed by atoms with Gasteiger partial charge in [0, 0.05) is 11.8 Å². The minimum Gasteiger partial charge on any atom is -0.507 e. The first kappa shape index (κ1) is 23.9. The van der Waals surface area contributed by atoms with E-state index < -0.39 is 29.5 Å². The average Bonchev–Trinajstić information content (AvgIpc) is 3.45. The van der Waals surface area contributed by atoms with Crippen molar-refractivity contribution in [3.8, 4) is 11.5 Å². The first-order valence-electron chi connectivity index (χ1n) is 10.9. The molecule has 1 fully saturated rings. The molecule has 0 spiro atoms. The molecule has 3 heterocycles. The number of methoxy groups -OCH3 is 2. The van der Waals surface area contributed by atoms with Crippen LogP contribution >= 0.6 is 11.3 Å². The lowest BCUT2D eigenvalue weighted by Gasteiger charge is -2.22. The summed E-state index contributed by atoms with van der Waals surface area (Å²) in [7, 11) is 2.92. The van der Waals surface area contributed by atoms with Crippen molar-refractivity contribution in [3.63, 3.8) is 0 Å². The van der Waals surface area contributed by atoms with E-state index in [-0.39, 0.29) is 21.8 Å². The monoisotopic (exact) mass is 517 g/mol. The number of aromatic nitrogens is 2. The minimum atomic E-state index is -1.10. The van der Waals surface area contributed by atoms with Gasteiger partial charge in [0.25, 0.3) is 5.78 Å². The van der Waals surface area contributed by atoms with E-state index in [9.17, 15) is 24.6 Å². The van der Waals surface area contributed by atoms with Crippen molar-refractivity contribution >= 4 is 50.1 Å². The van der Waals surface area contributed by atoms with Gasteiger partial charge < -0.3 is 19.7 Å². The number of carbonyl (C=O) groups is 3. The highest BCUT2D eigenvalue weighted by atomic mass is 32.1. The number of nitrogens with zero attached hydrogens (tertiary/aromatic N) is 3. The van der Waals surface area contributed by atoms with Gasteiger partial charge in [0.2, 0.25) is 0 Å². The summed E-state index contributed by atoms with van der Waals surface area (Å²) in [6.45, 7) is 0. The van der Waals surface area contributed by atoms with Crippen LogP contribution in [0.2, 0.25) is 0 Å². The molecule has 1 amide bonds. The van der Waals surface area contributed by atoms with E-state index in [1.807, 2.05) is 0 Å². The number of thiazole rings is 1. The molecule has 37 heavy (non-hydrogen) atoms. The molecule has 2 N–H and O–H groups in total. The number of amides is 1. The lowest BCUT2D eigenvalue weighted by molar-refractivity contribution is -0.132. The molecule has 4 aromatic rings. The Bertz CT molecular complexity index is 1600. The van der Waals surface area contributed by atoms with Gasteiger partial charge in [-0.2, -0.15) is 0 Å². The van der Waals surface area contributed by atoms with Crippen molar-refractivity contribution in [2.24, 2.45) is 0 Å². The number of ether oxygens (including phenoxy) is 2. The number of fused-ring (bicyclic) bond motifs is 1. The van der Waals surface area contributed by atoms with Crippen molar-refractivity contribution in [1.82, 2.24) is 9.97 Å². The predicted molar refractivity (Wildman–Crippen MR) is 135 cm³/mol. The smallest absolute Gasteiger partial charge is 0.335 e. The van der Waals surface area contributed by atoms with Gasteiger partial charge in [0.05, 0.1) is 41.3 Å². The Morgan fingerprint density at radius 1 is 0.973 bits per heavy atom. The molecule has 0 saturated carbocycles. The fourth-order valence-electron chi connectivity index (χ4n) is 4.13. The number of carbonyl (C=O) groups excluding carboxylic acids is 2. The van der Waals surface area contributed by atoms with Gasteiger partial charge in [-0.25, -0.2) is 9.78 Å². The minimum absolute atomic E-state index is 0.0690. The summed E-state index contributed by atoms with van der Waals surface area (Å²) in [5.41, 5.74) is 0.952. The molecule has 1 aliphatic heterocycles. The van der Waals surface area contributed by atoms with E-state index >= 15 is 0 Å². The van der Waals surface area contributed by atoms with Gasteiger partial charge in [-0.15, -0.1) is 0 Å². The largest absolute Gasteiger partial charge is 0.507 e. The van der Waals surface area contributed by atoms with E-state index in [0.717, 1.165) is 11.3 Å². The van der Waals surface area contributed by atoms with Crippen molar-refractivity contribution in [2.45, 2.75) is 6.04 Å². The molecule has 2 aromatic heterocycles. The maximum Gasteiger partial charge on any atom is 0.335 e. The third kappa shape index (κ3) is 4.04. The number of ketones is 1. The Kier molecular flexibility index (Phi) is 6.06. The predicted octanol–water partition coefficient (Wildman–Crippen LogP) is 4.03. The Morgan fingerprint density at radius 2 is 1.73 bits per heavy atom. The number of hydrogen-bond donors (Lipinski definition) is 2. The molecule has 0 aliphatic carbocycles. The normalized spacial score (nSPS) is 16.8. The summed E-state index contributed by atoms with van der Waals surface area (Å²) in [4.78, 5) is 48.1. The molecule has 10 nitrogen and oxygen atoms in total. The zero-order valence-electron chi connectivity index (χ0n) is 19.5. The average molecular weight is 518 g/mol. The van der Waals surface area contributed by atoms with Crippen LogP contribution in [0.1, 0.15) is 27.7 Å². The molecule has 0 bridgehead atoms. The van der Waals surface area contributed by atoms with E-state index in [2.05, 4.69) is 9.97 Å². The number of Topliss-reactive ketones (excluding diaryl/α,β-unsaturated/α-hetero) is 1. The highest BCUT2D eigenvalue weighted by Gasteiger charge is 2.49. The highest BCUT2D eigenvalue weighted by Crippen LogP contribution is 2.44. The Morgan fingerprint density at radius 3 is 2.41 bits per heavy atom. The lowest BCUT2D eigenvalue weighted by Crippen LogP contribution is -2.29. The standard InChI is InChI=1S/C26H19N3O7S/c1-35-17-9-7-13(11-18(17)36-2)22(30)20-21(16-5-3-4-10-27-16)29(24(32)23(20)31)26-28-15-8-6-14(25(33)34)12-19(15)37-26/h3-12,21,30H,1-2H3,(H,33,34)/b22-20+. The SMILES string of the molecule is COc1ccc(/C(O)=C2\C(=O)C(=O)N(c3nc4ccc(C(=O)O)cc4s3)C2c2ccccn2)cc1OC. The van der Waals surface area contributed by atoms with Crippen molar-refractivity contribution in [2.75, 3.05) is 19.1 Å². The van der Waals surface area contributed by atoms with Gasteiger partial charge >= 0.3 is 11.9 Å². The van der Waals surface area contributed by atoms with Crippen LogP contribution in [0, 0.1) is 0 Å². The molecule has 1 aliphatic rings. The second kappa shape index (κ2) is 9.36. The Balaban J connectivity index is 1.70. The number of carboxylic acids is 1. The van der Waals surface area contributed by atoms with Gasteiger partial charge in [0.1, 0.15) is 11.8 Å². The molecule has 186 valence electrons. The zero-order valence-corrected chi connectivity index (χ0v) is 20.4. The number of pyridine rings is 1. The van der Waals surface area contributed by atoms with Gasteiger partial charge in [-0.05, 0) is 48.5 Å². The maximum absolute atomic E-state index is 13.3. The first-order valence-corrected chi connectivity index (χ1v) is 11.7. The fourth-order valence-corrected chi connectivity index (χ4v) is 5.17. The Hall–Kier alpha value is -4.77. The number of anilines is 1. The van der Waals surface area contributed by atoms with Crippen LogP contribution in [0.3, 0.4) is 0 Å². The molecule has 0 radical (unpaired) electrons. The van der Waals surface area contributed by atoms with Crippen LogP contribution in [0.5, 0.6) is 11.5 Å². The van der Waals surface area contributed by atoms with Gasteiger partial charge in [-0.3, -0.25) is 19.5 Å². The molecule has 2 aromatic carbocycles.